The van der Waals surface area contributed by atoms with E-state index in [1.165, 1.54) is 45.1 Å². The highest BCUT2D eigenvalue weighted by Gasteiger charge is 2.25. The summed E-state index contributed by atoms with van der Waals surface area (Å²) in [6.07, 6.45) is 8.30. The molecule has 1 aliphatic carbocycles. The van der Waals surface area contributed by atoms with Gasteiger partial charge in [-0.1, -0.05) is 40.0 Å². The molecule has 1 unspecified atom stereocenters. The van der Waals surface area contributed by atoms with E-state index in [-0.39, 0.29) is 0 Å². The van der Waals surface area contributed by atoms with E-state index in [9.17, 15) is 0 Å². The SMILES string of the molecule is CCN(C1CCCCC1)C(CN)CC(C)C. The molecule has 0 aromatic rings. The third-order valence-corrected chi connectivity index (χ3v) is 3.89. The Morgan fingerprint density at radius 1 is 1.19 bits per heavy atom. The molecule has 1 atom stereocenters. The highest BCUT2D eigenvalue weighted by molar-refractivity contribution is 4.82. The summed E-state index contributed by atoms with van der Waals surface area (Å²) in [5.41, 5.74) is 5.96. The van der Waals surface area contributed by atoms with Crippen LogP contribution in [0.25, 0.3) is 0 Å². The summed E-state index contributed by atoms with van der Waals surface area (Å²) in [5, 5.41) is 0. The van der Waals surface area contributed by atoms with Gasteiger partial charge in [-0.2, -0.15) is 0 Å². The third-order valence-electron chi connectivity index (χ3n) is 3.89. The molecule has 1 fully saturated rings. The van der Waals surface area contributed by atoms with Gasteiger partial charge in [0.1, 0.15) is 0 Å². The van der Waals surface area contributed by atoms with Crippen molar-refractivity contribution < 1.29 is 0 Å². The van der Waals surface area contributed by atoms with Crippen molar-refractivity contribution in [3.05, 3.63) is 0 Å². The Morgan fingerprint density at radius 2 is 1.81 bits per heavy atom. The average molecular weight is 226 g/mol. The van der Waals surface area contributed by atoms with E-state index in [1.54, 1.807) is 0 Å². The van der Waals surface area contributed by atoms with Crippen molar-refractivity contribution in [3.8, 4) is 0 Å². The Morgan fingerprint density at radius 3 is 2.25 bits per heavy atom. The Bertz CT molecular complexity index is 174. The summed E-state index contributed by atoms with van der Waals surface area (Å²) in [5.74, 6) is 0.756. The first-order valence-electron chi connectivity index (χ1n) is 7.14. The van der Waals surface area contributed by atoms with Gasteiger partial charge in [-0.25, -0.2) is 0 Å². The molecule has 0 aliphatic heterocycles. The molecule has 2 nitrogen and oxygen atoms in total. The van der Waals surface area contributed by atoms with Crippen LogP contribution in [-0.2, 0) is 0 Å². The first-order chi connectivity index (χ1) is 7.69. The average Bonchev–Trinajstić information content (AvgIpc) is 2.29. The Kier molecular flexibility index (Phi) is 6.37. The molecule has 96 valence electrons. The van der Waals surface area contributed by atoms with Gasteiger partial charge in [-0.05, 0) is 31.7 Å². The van der Waals surface area contributed by atoms with Crippen LogP contribution >= 0.6 is 0 Å². The molecule has 0 radical (unpaired) electrons. The molecular formula is C14H30N2. The van der Waals surface area contributed by atoms with E-state index in [4.69, 9.17) is 5.73 Å². The van der Waals surface area contributed by atoms with Crippen LogP contribution in [0.5, 0.6) is 0 Å². The van der Waals surface area contributed by atoms with Crippen molar-refractivity contribution in [1.82, 2.24) is 4.90 Å². The maximum atomic E-state index is 5.96. The summed E-state index contributed by atoms with van der Waals surface area (Å²) >= 11 is 0. The minimum atomic E-state index is 0.605. The van der Waals surface area contributed by atoms with E-state index < -0.39 is 0 Å². The van der Waals surface area contributed by atoms with Gasteiger partial charge in [0.2, 0.25) is 0 Å². The lowest BCUT2D eigenvalue weighted by molar-refractivity contribution is 0.101. The van der Waals surface area contributed by atoms with Crippen LogP contribution < -0.4 is 5.73 Å². The molecule has 1 aliphatic rings. The maximum absolute atomic E-state index is 5.96. The second kappa shape index (κ2) is 7.29. The molecular weight excluding hydrogens is 196 g/mol. The van der Waals surface area contributed by atoms with Gasteiger partial charge in [0.05, 0.1) is 0 Å². The Labute approximate surface area is 102 Å². The third kappa shape index (κ3) is 4.06. The van der Waals surface area contributed by atoms with Crippen molar-refractivity contribution in [2.24, 2.45) is 11.7 Å². The number of hydrogen-bond acceptors (Lipinski definition) is 2. The zero-order valence-electron chi connectivity index (χ0n) is 11.4. The lowest BCUT2D eigenvalue weighted by Crippen LogP contribution is -2.48. The monoisotopic (exact) mass is 226 g/mol. The standard InChI is InChI=1S/C14H30N2/c1-4-16(13-8-6-5-7-9-13)14(11-15)10-12(2)3/h12-14H,4-11,15H2,1-3H3. The second-order valence-electron chi connectivity index (χ2n) is 5.64. The molecule has 2 heteroatoms. The van der Waals surface area contributed by atoms with Gasteiger partial charge in [0.25, 0.3) is 0 Å². The minimum Gasteiger partial charge on any atom is -0.329 e. The fourth-order valence-corrected chi connectivity index (χ4v) is 3.14. The summed E-state index contributed by atoms with van der Waals surface area (Å²) in [4.78, 5) is 2.68. The number of nitrogens with two attached hydrogens (primary N) is 1. The lowest BCUT2D eigenvalue weighted by atomic mass is 9.91. The van der Waals surface area contributed by atoms with Crippen LogP contribution in [0.2, 0.25) is 0 Å². The number of likely N-dealkylation sites (N-methyl/N-ethyl adjacent to an activating group) is 1. The van der Waals surface area contributed by atoms with Crippen molar-refractivity contribution in [2.45, 2.75) is 71.4 Å². The van der Waals surface area contributed by atoms with Crippen LogP contribution in [0.3, 0.4) is 0 Å². The minimum absolute atomic E-state index is 0.605. The molecule has 0 aromatic heterocycles. The van der Waals surface area contributed by atoms with Crippen molar-refractivity contribution in [1.29, 1.82) is 0 Å². The molecule has 2 N–H and O–H groups in total. The van der Waals surface area contributed by atoms with Crippen molar-refractivity contribution in [3.63, 3.8) is 0 Å². The van der Waals surface area contributed by atoms with Gasteiger partial charge in [-0.15, -0.1) is 0 Å². The molecule has 0 amide bonds. The topological polar surface area (TPSA) is 29.3 Å². The van der Waals surface area contributed by atoms with E-state index in [2.05, 4.69) is 25.7 Å². The van der Waals surface area contributed by atoms with Crippen molar-refractivity contribution >= 4 is 0 Å². The molecule has 0 heterocycles. The highest BCUT2D eigenvalue weighted by Crippen LogP contribution is 2.25. The van der Waals surface area contributed by atoms with Crippen molar-refractivity contribution in [2.75, 3.05) is 13.1 Å². The van der Waals surface area contributed by atoms with Crippen LogP contribution in [0.4, 0.5) is 0 Å². The molecule has 0 saturated heterocycles. The maximum Gasteiger partial charge on any atom is 0.0223 e. The van der Waals surface area contributed by atoms with E-state index in [1.807, 2.05) is 0 Å². The van der Waals surface area contributed by atoms with Gasteiger partial charge >= 0.3 is 0 Å². The summed E-state index contributed by atoms with van der Waals surface area (Å²) < 4.78 is 0. The number of hydrogen-bond donors (Lipinski definition) is 1. The van der Waals surface area contributed by atoms with Gasteiger partial charge in [-0.3, -0.25) is 4.90 Å². The summed E-state index contributed by atoms with van der Waals surface area (Å²) in [6.45, 7) is 8.88. The molecule has 16 heavy (non-hydrogen) atoms. The predicted molar refractivity (Wildman–Crippen MR) is 71.6 cm³/mol. The predicted octanol–water partition coefficient (Wildman–Crippen LogP) is 3.01. The van der Waals surface area contributed by atoms with E-state index >= 15 is 0 Å². The Balaban J connectivity index is 2.54. The molecule has 0 spiro atoms. The molecule has 1 rings (SSSR count). The molecule has 0 aromatic carbocycles. The fraction of sp³-hybridized carbons (Fsp3) is 1.00. The quantitative estimate of drug-likeness (QED) is 0.754. The van der Waals surface area contributed by atoms with Crippen LogP contribution in [0.15, 0.2) is 0 Å². The Hall–Kier alpha value is -0.0800. The molecule has 0 bridgehead atoms. The largest absolute Gasteiger partial charge is 0.329 e. The van der Waals surface area contributed by atoms with Crippen LogP contribution in [0, 0.1) is 5.92 Å². The van der Waals surface area contributed by atoms with E-state index in [0.717, 1.165) is 18.5 Å². The first kappa shape index (κ1) is 14.0. The van der Waals surface area contributed by atoms with Gasteiger partial charge < -0.3 is 5.73 Å². The fourth-order valence-electron chi connectivity index (χ4n) is 3.14. The second-order valence-corrected chi connectivity index (χ2v) is 5.64. The van der Waals surface area contributed by atoms with E-state index in [0.29, 0.717) is 6.04 Å². The van der Waals surface area contributed by atoms with Crippen LogP contribution in [0.1, 0.15) is 59.3 Å². The number of rotatable bonds is 6. The first-order valence-corrected chi connectivity index (χ1v) is 7.14. The zero-order chi connectivity index (χ0) is 12.0. The molecule has 1 saturated carbocycles. The lowest BCUT2D eigenvalue weighted by Gasteiger charge is -2.39. The van der Waals surface area contributed by atoms with Crippen LogP contribution in [-0.4, -0.2) is 30.1 Å². The highest BCUT2D eigenvalue weighted by atomic mass is 15.2. The van der Waals surface area contributed by atoms with Gasteiger partial charge in [0, 0.05) is 18.6 Å². The smallest absolute Gasteiger partial charge is 0.0223 e. The summed E-state index contributed by atoms with van der Waals surface area (Å²) in [7, 11) is 0. The zero-order valence-corrected chi connectivity index (χ0v) is 11.4. The van der Waals surface area contributed by atoms with Gasteiger partial charge in [0.15, 0.2) is 0 Å². The number of nitrogens with zero attached hydrogens (tertiary/aromatic N) is 1. The normalized spacial score (nSPS) is 20.6. The summed E-state index contributed by atoms with van der Waals surface area (Å²) in [6, 6.07) is 1.42.